The number of hydrogen-bond acceptors (Lipinski definition) is 3. The third kappa shape index (κ3) is 2.95. The maximum absolute atomic E-state index is 12.7. The zero-order valence-corrected chi connectivity index (χ0v) is 15.0. The Hall–Kier alpha value is -3.21. The number of nitrogens with one attached hydrogen (secondary N) is 2. The van der Waals surface area contributed by atoms with Gasteiger partial charge in [0.1, 0.15) is 5.82 Å². The number of nitrogens with zero attached hydrogens (tertiary/aromatic N) is 2. The SMILES string of the molecule is CC(NC(=O)[C@H]1C[C@@H]1c1nc2ccccc2[nH]1)c1ccc2ccccc2n1. The van der Waals surface area contributed by atoms with Gasteiger partial charge in [-0.25, -0.2) is 4.98 Å². The van der Waals surface area contributed by atoms with E-state index in [1.807, 2.05) is 61.5 Å². The summed E-state index contributed by atoms with van der Waals surface area (Å²) in [4.78, 5) is 25.3. The van der Waals surface area contributed by atoms with Crippen molar-refractivity contribution in [2.75, 3.05) is 0 Å². The molecule has 5 nitrogen and oxygen atoms in total. The van der Waals surface area contributed by atoms with Crippen LogP contribution < -0.4 is 5.32 Å². The van der Waals surface area contributed by atoms with Gasteiger partial charge in [0.2, 0.25) is 5.91 Å². The fourth-order valence-corrected chi connectivity index (χ4v) is 3.65. The highest BCUT2D eigenvalue weighted by Crippen LogP contribution is 2.47. The lowest BCUT2D eigenvalue weighted by atomic mass is 10.1. The zero-order chi connectivity index (χ0) is 18.4. The summed E-state index contributed by atoms with van der Waals surface area (Å²) in [5, 5.41) is 4.22. The van der Waals surface area contributed by atoms with Gasteiger partial charge in [0, 0.05) is 17.2 Å². The number of carbonyl (C=O) groups is 1. The van der Waals surface area contributed by atoms with Crippen LogP contribution in [0.3, 0.4) is 0 Å². The molecule has 1 aliphatic rings. The van der Waals surface area contributed by atoms with Gasteiger partial charge in [-0.05, 0) is 37.6 Å². The number of carbonyl (C=O) groups excluding carboxylic acids is 1. The average Bonchev–Trinajstić information content (AvgIpc) is 3.39. The topological polar surface area (TPSA) is 70.7 Å². The molecule has 0 saturated heterocycles. The molecule has 0 spiro atoms. The molecule has 1 aliphatic carbocycles. The highest BCUT2D eigenvalue weighted by molar-refractivity contribution is 5.84. The summed E-state index contributed by atoms with van der Waals surface area (Å²) in [7, 11) is 0. The van der Waals surface area contributed by atoms with Gasteiger partial charge in [0.15, 0.2) is 0 Å². The quantitative estimate of drug-likeness (QED) is 0.578. The Morgan fingerprint density at radius 1 is 1.04 bits per heavy atom. The number of pyridine rings is 1. The number of rotatable bonds is 4. The Kier molecular flexibility index (Phi) is 3.67. The highest BCUT2D eigenvalue weighted by Gasteiger charge is 2.46. The van der Waals surface area contributed by atoms with Crippen LogP contribution in [0.5, 0.6) is 0 Å². The van der Waals surface area contributed by atoms with E-state index < -0.39 is 0 Å². The van der Waals surface area contributed by atoms with E-state index in [1.165, 1.54) is 0 Å². The highest BCUT2D eigenvalue weighted by atomic mass is 16.2. The second-order valence-corrected chi connectivity index (χ2v) is 7.25. The van der Waals surface area contributed by atoms with Gasteiger partial charge in [-0.2, -0.15) is 0 Å². The zero-order valence-electron chi connectivity index (χ0n) is 15.0. The molecule has 1 saturated carbocycles. The molecule has 5 heteroatoms. The van der Waals surface area contributed by atoms with Crippen molar-refractivity contribution in [3.05, 3.63) is 72.2 Å². The summed E-state index contributed by atoms with van der Waals surface area (Å²) in [5.74, 6) is 1.14. The predicted molar refractivity (Wildman–Crippen MR) is 105 cm³/mol. The number of benzene rings is 2. The molecule has 2 aromatic heterocycles. The largest absolute Gasteiger partial charge is 0.348 e. The van der Waals surface area contributed by atoms with E-state index in [2.05, 4.69) is 26.3 Å². The van der Waals surface area contributed by atoms with Gasteiger partial charge in [-0.15, -0.1) is 0 Å². The molecule has 2 N–H and O–H groups in total. The molecule has 1 fully saturated rings. The van der Waals surface area contributed by atoms with Crippen molar-refractivity contribution in [1.82, 2.24) is 20.3 Å². The number of fused-ring (bicyclic) bond motifs is 2. The van der Waals surface area contributed by atoms with E-state index in [0.29, 0.717) is 0 Å². The molecule has 5 rings (SSSR count). The molecule has 0 bridgehead atoms. The Balaban J connectivity index is 1.28. The Morgan fingerprint density at radius 3 is 2.67 bits per heavy atom. The lowest BCUT2D eigenvalue weighted by Gasteiger charge is -2.14. The van der Waals surface area contributed by atoms with Crippen LogP contribution in [0.15, 0.2) is 60.7 Å². The fourth-order valence-electron chi connectivity index (χ4n) is 3.65. The van der Waals surface area contributed by atoms with Crippen molar-refractivity contribution in [2.45, 2.75) is 25.3 Å². The van der Waals surface area contributed by atoms with Crippen molar-refractivity contribution >= 4 is 27.8 Å². The smallest absolute Gasteiger partial charge is 0.224 e. The minimum Gasteiger partial charge on any atom is -0.348 e. The molecule has 2 heterocycles. The molecule has 3 atom stereocenters. The number of para-hydroxylation sites is 3. The van der Waals surface area contributed by atoms with Crippen LogP contribution in [0.1, 0.15) is 36.8 Å². The maximum atomic E-state index is 12.7. The Labute approximate surface area is 156 Å². The van der Waals surface area contributed by atoms with Gasteiger partial charge in [-0.3, -0.25) is 9.78 Å². The number of amides is 1. The first-order valence-corrected chi connectivity index (χ1v) is 9.30. The summed E-state index contributed by atoms with van der Waals surface area (Å²) in [6.45, 7) is 1.98. The first-order chi connectivity index (χ1) is 13.2. The van der Waals surface area contributed by atoms with Crippen LogP contribution in [-0.4, -0.2) is 20.9 Å². The summed E-state index contributed by atoms with van der Waals surface area (Å²) in [6, 6.07) is 19.9. The third-order valence-corrected chi connectivity index (χ3v) is 5.31. The first-order valence-electron chi connectivity index (χ1n) is 9.30. The van der Waals surface area contributed by atoms with Crippen molar-refractivity contribution in [3.8, 4) is 0 Å². The summed E-state index contributed by atoms with van der Waals surface area (Å²) in [5.41, 5.74) is 3.80. The molecular weight excluding hydrogens is 336 g/mol. The van der Waals surface area contributed by atoms with E-state index in [9.17, 15) is 4.79 Å². The minimum atomic E-state index is -0.126. The van der Waals surface area contributed by atoms with Crippen LogP contribution in [-0.2, 0) is 4.79 Å². The van der Waals surface area contributed by atoms with E-state index in [1.54, 1.807) is 0 Å². The van der Waals surface area contributed by atoms with Crippen LogP contribution in [0.2, 0.25) is 0 Å². The average molecular weight is 356 g/mol. The lowest BCUT2D eigenvalue weighted by molar-refractivity contribution is -0.123. The van der Waals surface area contributed by atoms with Gasteiger partial charge in [-0.1, -0.05) is 36.4 Å². The van der Waals surface area contributed by atoms with E-state index in [4.69, 9.17) is 0 Å². The van der Waals surface area contributed by atoms with Gasteiger partial charge >= 0.3 is 0 Å². The number of aromatic nitrogens is 3. The molecule has 27 heavy (non-hydrogen) atoms. The predicted octanol–water partition coefficient (Wildman–Crippen LogP) is 4.09. The summed E-state index contributed by atoms with van der Waals surface area (Å²) >= 11 is 0. The second kappa shape index (κ2) is 6.20. The van der Waals surface area contributed by atoms with Crippen LogP contribution in [0, 0.1) is 5.92 Å². The molecule has 134 valence electrons. The molecule has 0 aliphatic heterocycles. The van der Waals surface area contributed by atoms with Crippen LogP contribution in [0.4, 0.5) is 0 Å². The van der Waals surface area contributed by atoms with Gasteiger partial charge in [0.05, 0.1) is 28.3 Å². The molecule has 0 radical (unpaired) electrons. The molecule has 2 aromatic carbocycles. The van der Waals surface area contributed by atoms with Crippen molar-refractivity contribution in [3.63, 3.8) is 0 Å². The first kappa shape index (κ1) is 16.0. The second-order valence-electron chi connectivity index (χ2n) is 7.25. The summed E-state index contributed by atoms with van der Waals surface area (Å²) in [6.07, 6.45) is 0.837. The summed E-state index contributed by atoms with van der Waals surface area (Å²) < 4.78 is 0. The van der Waals surface area contributed by atoms with E-state index in [-0.39, 0.29) is 23.8 Å². The minimum absolute atomic E-state index is 0.0199. The van der Waals surface area contributed by atoms with E-state index >= 15 is 0 Å². The molecular formula is C22H20N4O. The lowest BCUT2D eigenvalue weighted by Crippen LogP contribution is -2.29. The van der Waals surface area contributed by atoms with Crippen LogP contribution >= 0.6 is 0 Å². The van der Waals surface area contributed by atoms with E-state index in [0.717, 1.165) is 39.9 Å². The molecule has 4 aromatic rings. The normalized spacial score (nSPS) is 19.9. The van der Waals surface area contributed by atoms with Crippen molar-refractivity contribution in [1.29, 1.82) is 0 Å². The standard InChI is InChI=1S/C22H20N4O/c1-13(17-11-10-14-6-2-3-7-18(14)24-17)23-22(27)16-12-15(16)21-25-19-8-4-5-9-20(19)26-21/h2-11,13,15-16H,12H2,1H3,(H,23,27)(H,25,26)/t13?,15-,16-/m0/s1. The van der Waals surface area contributed by atoms with Gasteiger partial charge in [0.25, 0.3) is 0 Å². The Bertz CT molecular complexity index is 1120. The number of H-pyrrole nitrogens is 1. The molecule has 1 unspecified atom stereocenters. The number of imidazole rings is 1. The van der Waals surface area contributed by atoms with Crippen molar-refractivity contribution < 1.29 is 4.79 Å². The monoisotopic (exact) mass is 356 g/mol. The Morgan fingerprint density at radius 2 is 1.81 bits per heavy atom. The third-order valence-electron chi connectivity index (χ3n) is 5.31. The number of hydrogen-bond donors (Lipinski definition) is 2. The maximum Gasteiger partial charge on any atom is 0.224 e. The fraction of sp³-hybridized carbons (Fsp3) is 0.227. The molecule has 1 amide bonds. The van der Waals surface area contributed by atoms with Gasteiger partial charge < -0.3 is 10.3 Å². The van der Waals surface area contributed by atoms with Crippen molar-refractivity contribution in [2.24, 2.45) is 5.92 Å². The number of aromatic amines is 1. The van der Waals surface area contributed by atoms with Crippen LogP contribution in [0.25, 0.3) is 21.9 Å².